The normalized spacial score (nSPS) is 21.1. The summed E-state index contributed by atoms with van der Waals surface area (Å²) in [5, 5.41) is 14.0. The molecule has 0 aromatic carbocycles. The van der Waals surface area contributed by atoms with E-state index in [0.29, 0.717) is 5.56 Å². The Bertz CT molecular complexity index is 405. The first-order valence-corrected chi connectivity index (χ1v) is 7.23. The van der Waals surface area contributed by atoms with Gasteiger partial charge in [-0.15, -0.1) is 11.3 Å². The second-order valence-corrected chi connectivity index (χ2v) is 6.00. The van der Waals surface area contributed by atoms with Crippen LogP contribution in [-0.2, 0) is 6.54 Å². The molecule has 0 radical (unpaired) electrons. The van der Waals surface area contributed by atoms with E-state index in [9.17, 15) is 4.79 Å². The number of piperidine rings is 1. The van der Waals surface area contributed by atoms with Crippen molar-refractivity contribution in [1.29, 1.82) is 0 Å². The molecule has 1 aromatic heterocycles. The standard InChI is InChI=1S/C13H20N2O2S/c1-15-4-2-3-10(8-15)6-14-7-12-5-11(9-18-12)13(16)17/h5,9-10,14H,2-4,6-8H2,1H3,(H,16,17). The fourth-order valence-corrected chi connectivity index (χ4v) is 3.25. The minimum atomic E-state index is -0.841. The average Bonchev–Trinajstić information content (AvgIpc) is 2.78. The number of nitrogens with zero attached hydrogens (tertiary/aromatic N) is 1. The number of hydrogen-bond acceptors (Lipinski definition) is 4. The fourth-order valence-electron chi connectivity index (χ4n) is 2.42. The molecule has 18 heavy (non-hydrogen) atoms. The van der Waals surface area contributed by atoms with Crippen molar-refractivity contribution in [3.8, 4) is 0 Å². The molecule has 0 spiro atoms. The lowest BCUT2D eigenvalue weighted by molar-refractivity contribution is 0.0697. The van der Waals surface area contributed by atoms with Gasteiger partial charge >= 0.3 is 5.97 Å². The van der Waals surface area contributed by atoms with Crippen LogP contribution in [0.3, 0.4) is 0 Å². The maximum Gasteiger partial charge on any atom is 0.336 e. The van der Waals surface area contributed by atoms with Crippen molar-refractivity contribution in [3.05, 3.63) is 21.9 Å². The maximum atomic E-state index is 10.8. The topological polar surface area (TPSA) is 52.6 Å². The highest BCUT2D eigenvalue weighted by molar-refractivity contribution is 7.10. The average molecular weight is 268 g/mol. The van der Waals surface area contributed by atoms with Gasteiger partial charge in [-0.25, -0.2) is 4.79 Å². The monoisotopic (exact) mass is 268 g/mol. The third kappa shape index (κ3) is 3.80. The van der Waals surface area contributed by atoms with Crippen LogP contribution in [0.1, 0.15) is 28.1 Å². The Balaban J connectivity index is 1.72. The molecule has 1 fully saturated rings. The molecule has 1 aliphatic heterocycles. The van der Waals surface area contributed by atoms with Gasteiger partial charge in [0.25, 0.3) is 0 Å². The maximum absolute atomic E-state index is 10.8. The van der Waals surface area contributed by atoms with Crippen LogP contribution < -0.4 is 5.32 Å². The molecule has 2 N–H and O–H groups in total. The highest BCUT2D eigenvalue weighted by Gasteiger charge is 2.16. The van der Waals surface area contributed by atoms with Crippen LogP contribution >= 0.6 is 11.3 Å². The first-order chi connectivity index (χ1) is 8.65. The van der Waals surface area contributed by atoms with E-state index in [0.717, 1.165) is 30.4 Å². The molecule has 0 bridgehead atoms. The van der Waals surface area contributed by atoms with Gasteiger partial charge in [0, 0.05) is 23.3 Å². The summed E-state index contributed by atoms with van der Waals surface area (Å²) in [6.45, 7) is 4.17. The zero-order valence-corrected chi connectivity index (χ0v) is 11.5. The van der Waals surface area contributed by atoms with Crippen molar-refractivity contribution in [2.75, 3.05) is 26.7 Å². The number of likely N-dealkylation sites (tertiary alicyclic amines) is 1. The molecular weight excluding hydrogens is 248 g/mol. The molecule has 4 nitrogen and oxygen atoms in total. The summed E-state index contributed by atoms with van der Waals surface area (Å²) in [5.74, 6) is -0.117. The molecule has 1 aliphatic rings. The minimum absolute atomic E-state index is 0.397. The molecule has 2 rings (SSSR count). The highest BCUT2D eigenvalue weighted by atomic mass is 32.1. The van der Waals surface area contributed by atoms with E-state index >= 15 is 0 Å². The van der Waals surface area contributed by atoms with E-state index in [1.165, 1.54) is 30.7 Å². The molecule has 2 heterocycles. The lowest BCUT2D eigenvalue weighted by Crippen LogP contribution is -2.37. The van der Waals surface area contributed by atoms with Crippen molar-refractivity contribution >= 4 is 17.3 Å². The molecule has 1 unspecified atom stereocenters. The van der Waals surface area contributed by atoms with E-state index in [1.807, 2.05) is 0 Å². The first kappa shape index (κ1) is 13.5. The van der Waals surface area contributed by atoms with Crippen molar-refractivity contribution in [1.82, 2.24) is 10.2 Å². The molecule has 100 valence electrons. The number of carbonyl (C=O) groups is 1. The third-order valence-electron chi connectivity index (χ3n) is 3.36. The molecule has 1 aromatic rings. The van der Waals surface area contributed by atoms with E-state index in [2.05, 4.69) is 17.3 Å². The largest absolute Gasteiger partial charge is 0.478 e. The molecular formula is C13H20N2O2S. The predicted octanol–water partition coefficient (Wildman–Crippen LogP) is 1.88. The molecule has 1 atom stereocenters. The Hall–Kier alpha value is -0.910. The lowest BCUT2D eigenvalue weighted by atomic mass is 9.98. The van der Waals surface area contributed by atoms with Crippen molar-refractivity contribution in [3.63, 3.8) is 0 Å². The van der Waals surface area contributed by atoms with Gasteiger partial charge in [-0.2, -0.15) is 0 Å². The minimum Gasteiger partial charge on any atom is -0.478 e. The zero-order valence-electron chi connectivity index (χ0n) is 10.7. The number of carboxylic acid groups (broad SMARTS) is 1. The number of aromatic carboxylic acids is 1. The summed E-state index contributed by atoms with van der Waals surface area (Å²) in [4.78, 5) is 14.2. The van der Waals surface area contributed by atoms with Gasteiger partial charge in [0.15, 0.2) is 0 Å². The van der Waals surface area contributed by atoms with Gasteiger partial charge in [0.2, 0.25) is 0 Å². The van der Waals surface area contributed by atoms with Gasteiger partial charge in [-0.1, -0.05) is 0 Å². The number of thiophene rings is 1. The van der Waals surface area contributed by atoms with Crippen LogP contribution in [0.2, 0.25) is 0 Å². The highest BCUT2D eigenvalue weighted by Crippen LogP contribution is 2.16. The molecule has 0 aliphatic carbocycles. The fraction of sp³-hybridized carbons (Fsp3) is 0.615. The van der Waals surface area contributed by atoms with Crippen LogP contribution in [-0.4, -0.2) is 42.7 Å². The second kappa shape index (κ2) is 6.31. The predicted molar refractivity (Wildman–Crippen MR) is 73.2 cm³/mol. The van der Waals surface area contributed by atoms with Crippen LogP contribution in [0, 0.1) is 5.92 Å². The van der Waals surface area contributed by atoms with E-state index < -0.39 is 5.97 Å². The Morgan fingerprint density at radius 3 is 3.17 bits per heavy atom. The summed E-state index contributed by atoms with van der Waals surface area (Å²) in [5.41, 5.74) is 0.397. The first-order valence-electron chi connectivity index (χ1n) is 6.35. The Kier molecular flexibility index (Phi) is 4.74. The molecule has 0 saturated carbocycles. The summed E-state index contributed by atoms with van der Waals surface area (Å²) in [6.07, 6.45) is 2.58. The SMILES string of the molecule is CN1CCCC(CNCc2cc(C(=O)O)cs2)C1. The van der Waals surface area contributed by atoms with E-state index in [4.69, 9.17) is 5.11 Å². The van der Waals surface area contributed by atoms with Crippen LogP contribution in [0.5, 0.6) is 0 Å². The second-order valence-electron chi connectivity index (χ2n) is 5.01. The lowest BCUT2D eigenvalue weighted by Gasteiger charge is -2.29. The number of rotatable bonds is 5. The zero-order chi connectivity index (χ0) is 13.0. The van der Waals surface area contributed by atoms with Crippen LogP contribution in [0.25, 0.3) is 0 Å². The summed E-state index contributed by atoms with van der Waals surface area (Å²) < 4.78 is 0. The van der Waals surface area contributed by atoms with Crippen molar-refractivity contribution in [2.24, 2.45) is 5.92 Å². The van der Waals surface area contributed by atoms with Gasteiger partial charge in [0.05, 0.1) is 5.56 Å². The van der Waals surface area contributed by atoms with Gasteiger partial charge in [-0.05, 0) is 45.0 Å². The van der Waals surface area contributed by atoms with E-state index in [-0.39, 0.29) is 0 Å². The molecule has 5 heteroatoms. The van der Waals surface area contributed by atoms with Gasteiger partial charge < -0.3 is 15.3 Å². The summed E-state index contributed by atoms with van der Waals surface area (Å²) >= 11 is 1.51. The Morgan fingerprint density at radius 1 is 1.67 bits per heavy atom. The van der Waals surface area contributed by atoms with Crippen LogP contribution in [0.15, 0.2) is 11.4 Å². The quantitative estimate of drug-likeness (QED) is 0.856. The number of nitrogens with one attached hydrogen (secondary N) is 1. The third-order valence-corrected chi connectivity index (χ3v) is 4.29. The Labute approximate surface area is 112 Å². The van der Waals surface area contributed by atoms with Gasteiger partial charge in [-0.3, -0.25) is 0 Å². The molecule has 1 saturated heterocycles. The van der Waals surface area contributed by atoms with Gasteiger partial charge in [0.1, 0.15) is 0 Å². The summed E-state index contributed by atoms with van der Waals surface area (Å²) in [6, 6.07) is 1.76. The smallest absolute Gasteiger partial charge is 0.336 e. The van der Waals surface area contributed by atoms with Crippen LogP contribution in [0.4, 0.5) is 0 Å². The van der Waals surface area contributed by atoms with Crippen molar-refractivity contribution < 1.29 is 9.90 Å². The van der Waals surface area contributed by atoms with E-state index in [1.54, 1.807) is 11.4 Å². The number of hydrogen-bond donors (Lipinski definition) is 2. The molecule has 0 amide bonds. The summed E-state index contributed by atoms with van der Waals surface area (Å²) in [7, 11) is 2.17. The number of carboxylic acids is 1. The van der Waals surface area contributed by atoms with Crippen molar-refractivity contribution in [2.45, 2.75) is 19.4 Å². The Morgan fingerprint density at radius 2 is 2.50 bits per heavy atom.